The molecule has 0 saturated heterocycles. The van der Waals surface area contributed by atoms with E-state index in [4.69, 9.17) is 0 Å². The van der Waals surface area contributed by atoms with Crippen LogP contribution in [-0.4, -0.2) is 11.3 Å². The summed E-state index contributed by atoms with van der Waals surface area (Å²) in [6.45, 7) is 2.40. The van der Waals surface area contributed by atoms with Crippen molar-refractivity contribution in [2.75, 3.05) is 6.54 Å². The van der Waals surface area contributed by atoms with Gasteiger partial charge < -0.3 is 0 Å². The molecule has 0 spiro atoms. The predicted molar refractivity (Wildman–Crippen MR) is 31.4 cm³/mol. The highest BCUT2D eigenvalue weighted by molar-refractivity contribution is 5.14. The zero-order valence-electron chi connectivity index (χ0n) is 4.79. The molecule has 1 aliphatic rings. The van der Waals surface area contributed by atoms with Crippen LogP contribution in [0.2, 0.25) is 0 Å². The van der Waals surface area contributed by atoms with Crippen LogP contribution in [0.3, 0.4) is 0 Å². The number of hydrogen-bond acceptors (Lipinski definition) is 1. The first-order valence-electron chi connectivity index (χ1n) is 2.58. The van der Waals surface area contributed by atoms with E-state index in [0.29, 0.717) is 6.54 Å². The second kappa shape index (κ2) is 1.90. The van der Waals surface area contributed by atoms with Crippen LogP contribution in [0.15, 0.2) is 23.9 Å². The van der Waals surface area contributed by atoms with Crippen molar-refractivity contribution in [2.45, 2.75) is 6.92 Å². The summed E-state index contributed by atoms with van der Waals surface area (Å²) in [5.41, 5.74) is 1.02. The van der Waals surface area contributed by atoms with E-state index < -0.39 is 0 Å². The monoisotopic (exact) mass is 110 g/mol. The zero-order chi connectivity index (χ0) is 5.98. The Kier molecular flexibility index (Phi) is 1.24. The van der Waals surface area contributed by atoms with E-state index in [9.17, 15) is 4.91 Å². The average molecular weight is 110 g/mol. The summed E-state index contributed by atoms with van der Waals surface area (Å²) in [6, 6.07) is 0. The Morgan fingerprint density at radius 2 is 2.50 bits per heavy atom. The summed E-state index contributed by atoms with van der Waals surface area (Å²) >= 11 is 0. The van der Waals surface area contributed by atoms with Gasteiger partial charge in [0.1, 0.15) is 0 Å². The largest absolute Gasteiger partial charge is 0.224 e. The third kappa shape index (κ3) is 1.03. The molecule has 0 amide bonds. The smallest absolute Gasteiger partial charge is 0.0508 e. The quantitative estimate of drug-likeness (QED) is 0.429. The molecule has 0 aliphatic carbocycles. The predicted octanol–water partition coefficient (Wildman–Crippen LogP) is 1.24. The van der Waals surface area contributed by atoms with Gasteiger partial charge in [0.2, 0.25) is 12.7 Å². The van der Waals surface area contributed by atoms with Crippen LogP contribution >= 0.6 is 0 Å². The molecular weight excluding hydrogens is 102 g/mol. The van der Waals surface area contributed by atoms with Crippen LogP contribution in [0.5, 0.6) is 0 Å². The maximum absolute atomic E-state index is 10.5. The Morgan fingerprint density at radius 3 is 2.88 bits per heavy atom. The van der Waals surface area contributed by atoms with Gasteiger partial charge in [-0.15, -0.1) is 0 Å². The van der Waals surface area contributed by atoms with Crippen LogP contribution in [0, 0.1) is 4.91 Å². The average Bonchev–Trinajstić information content (AvgIpc) is 1.64. The molecule has 0 atom stereocenters. The summed E-state index contributed by atoms with van der Waals surface area (Å²) in [4.78, 5) is 10.5. The first kappa shape index (κ1) is 5.22. The number of allylic oxidation sites excluding steroid dienone is 2. The van der Waals surface area contributed by atoms with Crippen molar-refractivity contribution in [3.63, 3.8) is 0 Å². The van der Waals surface area contributed by atoms with Gasteiger partial charge in [-0.1, -0.05) is 6.08 Å². The lowest BCUT2D eigenvalue weighted by Crippen LogP contribution is -2.02. The molecule has 0 unspecified atom stereocenters. The fourth-order valence-electron chi connectivity index (χ4n) is 0.665. The zero-order valence-corrected chi connectivity index (χ0v) is 4.79. The normalized spacial score (nSPS) is 18.6. The molecule has 0 aromatic rings. The topological polar surface area (TPSA) is 20.1 Å². The molecule has 2 heteroatoms. The fourth-order valence-corrected chi connectivity index (χ4v) is 0.665. The van der Waals surface area contributed by atoms with Gasteiger partial charge in [-0.05, 0) is 13.0 Å². The second-order valence-corrected chi connectivity index (χ2v) is 1.88. The van der Waals surface area contributed by atoms with Crippen molar-refractivity contribution in [3.05, 3.63) is 28.8 Å². The van der Waals surface area contributed by atoms with E-state index >= 15 is 0 Å². The van der Waals surface area contributed by atoms with E-state index in [1.165, 1.54) is 0 Å². The molecule has 0 saturated carbocycles. The van der Waals surface area contributed by atoms with Crippen molar-refractivity contribution in [3.8, 4) is 0 Å². The summed E-state index contributed by atoms with van der Waals surface area (Å²) in [6.07, 6.45) is 5.37. The molecule has 42 valence electrons. The van der Waals surface area contributed by atoms with Gasteiger partial charge in [0.05, 0.1) is 0 Å². The lowest BCUT2D eigenvalue weighted by molar-refractivity contribution is -0.469. The third-order valence-electron chi connectivity index (χ3n) is 1.01. The van der Waals surface area contributed by atoms with Crippen molar-refractivity contribution >= 4 is 0 Å². The lowest BCUT2D eigenvalue weighted by Gasteiger charge is -1.89. The molecule has 8 heavy (non-hydrogen) atoms. The Morgan fingerprint density at radius 1 is 1.75 bits per heavy atom. The minimum absolute atomic E-state index is 0.497. The molecule has 0 aromatic heterocycles. The third-order valence-corrected chi connectivity index (χ3v) is 1.01. The van der Waals surface area contributed by atoms with Gasteiger partial charge >= 0.3 is 0 Å². The highest BCUT2D eigenvalue weighted by Gasteiger charge is 2.04. The summed E-state index contributed by atoms with van der Waals surface area (Å²) in [7, 11) is 0. The molecule has 1 heterocycles. The highest BCUT2D eigenvalue weighted by atomic mass is 16.3. The molecule has 2 nitrogen and oxygen atoms in total. The van der Waals surface area contributed by atoms with Crippen LogP contribution in [0.1, 0.15) is 6.92 Å². The van der Waals surface area contributed by atoms with Crippen molar-refractivity contribution in [1.82, 2.24) is 0 Å². The first-order valence-corrected chi connectivity index (χ1v) is 2.58. The molecule has 1 aliphatic heterocycles. The van der Waals surface area contributed by atoms with E-state index in [1.807, 2.05) is 19.1 Å². The van der Waals surface area contributed by atoms with Crippen LogP contribution in [-0.2, 0) is 0 Å². The van der Waals surface area contributed by atoms with E-state index in [-0.39, 0.29) is 0 Å². The Bertz CT molecular complexity index is 167. The number of nitrogens with zero attached hydrogens (tertiary/aromatic N) is 1. The summed E-state index contributed by atoms with van der Waals surface area (Å²) in [5.74, 6) is 0. The van der Waals surface area contributed by atoms with Gasteiger partial charge in [-0.2, -0.15) is 0 Å². The van der Waals surface area contributed by atoms with Gasteiger partial charge in [-0.3, -0.25) is 0 Å². The van der Waals surface area contributed by atoms with E-state index in [2.05, 4.69) is 0 Å². The number of nitroso groups, excluding NO2 is 1. The van der Waals surface area contributed by atoms with E-state index in [1.54, 1.807) is 6.20 Å². The minimum atomic E-state index is 0.497. The minimum Gasteiger partial charge on any atom is -0.0508 e. The maximum atomic E-state index is 10.5. The van der Waals surface area contributed by atoms with Crippen LogP contribution in [0.4, 0.5) is 0 Å². The summed E-state index contributed by atoms with van der Waals surface area (Å²) in [5, 5.41) is 0. The molecule has 0 aromatic carbocycles. The van der Waals surface area contributed by atoms with Crippen LogP contribution in [0.25, 0.3) is 0 Å². The molecule has 0 bridgehead atoms. The highest BCUT2D eigenvalue weighted by Crippen LogP contribution is 1.99. The van der Waals surface area contributed by atoms with Crippen molar-refractivity contribution in [1.29, 1.82) is 0 Å². The van der Waals surface area contributed by atoms with Crippen molar-refractivity contribution in [2.24, 2.45) is 0 Å². The standard InChI is InChI=1S/C6H8NO/c1-6-3-2-4-7(8)5-6/h2-3,5H,4H2,1H3/q+1. The summed E-state index contributed by atoms with van der Waals surface area (Å²) < 4.78 is 0.912. The molecule has 1 rings (SSSR count). The molecular formula is C6H8NO+. The lowest BCUT2D eigenvalue weighted by atomic mass is 10.2. The van der Waals surface area contributed by atoms with Gasteiger partial charge in [0, 0.05) is 15.2 Å². The molecule has 0 radical (unpaired) electrons. The Hall–Kier alpha value is -0.920. The Labute approximate surface area is 48.1 Å². The van der Waals surface area contributed by atoms with Gasteiger partial charge in [0.15, 0.2) is 0 Å². The maximum Gasteiger partial charge on any atom is 0.224 e. The molecule has 0 N–H and O–H groups in total. The first-order chi connectivity index (χ1) is 3.79. The fraction of sp³-hybridized carbons (Fsp3) is 0.333. The van der Waals surface area contributed by atoms with Crippen LogP contribution < -0.4 is 0 Å². The Balaban J connectivity index is 2.77. The number of rotatable bonds is 0. The van der Waals surface area contributed by atoms with Crippen molar-refractivity contribution < 1.29 is 4.76 Å². The van der Waals surface area contributed by atoms with Gasteiger partial charge in [0.25, 0.3) is 0 Å². The SMILES string of the molecule is CC1=C[N+](=O)CC=C1. The van der Waals surface area contributed by atoms with Gasteiger partial charge in [-0.25, -0.2) is 0 Å². The van der Waals surface area contributed by atoms with E-state index in [0.717, 1.165) is 10.3 Å². The molecule has 0 fully saturated rings. The number of hydrogen-bond donors (Lipinski definition) is 0. The second-order valence-electron chi connectivity index (χ2n) is 1.88.